The molecule has 0 radical (unpaired) electrons. The van der Waals surface area contributed by atoms with Gasteiger partial charge in [0.2, 0.25) is 12.0 Å². The van der Waals surface area contributed by atoms with E-state index in [1.165, 1.54) is 0 Å². The van der Waals surface area contributed by atoms with Crippen molar-refractivity contribution < 1.29 is 18.9 Å². The van der Waals surface area contributed by atoms with Crippen LogP contribution >= 0.6 is 22.9 Å². The Balaban J connectivity index is 1.66. The molecule has 2 aromatic carbocycles. The lowest BCUT2D eigenvalue weighted by Crippen LogP contribution is -2.34. The fourth-order valence-electron chi connectivity index (χ4n) is 4.17. The molecule has 0 saturated heterocycles. The average molecular weight is 457 g/mol. The summed E-state index contributed by atoms with van der Waals surface area (Å²) < 4.78 is 23.2. The predicted molar refractivity (Wildman–Crippen MR) is 121 cm³/mol. The van der Waals surface area contributed by atoms with Gasteiger partial charge in [0.1, 0.15) is 5.75 Å². The molecule has 31 heavy (non-hydrogen) atoms. The summed E-state index contributed by atoms with van der Waals surface area (Å²) in [7, 11) is 4.80. The zero-order valence-electron chi connectivity index (χ0n) is 17.3. The molecule has 0 bridgehead atoms. The monoisotopic (exact) mass is 456 g/mol. The molecule has 0 N–H and O–H groups in total. The van der Waals surface area contributed by atoms with E-state index in [4.69, 9.17) is 35.6 Å². The standard InChI is InChI=1S/C23H21ClN2O4S/c1-27-19-9-7-14(21(28-2)22(19)29-3)23-26-17(12-16(25-26)20-5-4-10-31-20)15-11-13(24)6-8-18(15)30-23/h4-11,17,23H,12H2,1-3H3/t17-,23-/m0/s1. The van der Waals surface area contributed by atoms with Crippen LogP contribution in [0.4, 0.5) is 0 Å². The largest absolute Gasteiger partial charge is 0.493 e. The van der Waals surface area contributed by atoms with Crippen LogP contribution in [0.2, 0.25) is 5.02 Å². The van der Waals surface area contributed by atoms with Crippen molar-refractivity contribution in [3.63, 3.8) is 0 Å². The number of fused-ring (bicyclic) bond motifs is 3. The topological polar surface area (TPSA) is 52.5 Å². The molecule has 1 aromatic heterocycles. The van der Waals surface area contributed by atoms with Crippen molar-refractivity contribution >= 4 is 28.6 Å². The SMILES string of the molecule is COc1ccc([C@@H]2Oc3ccc(Cl)cc3[C@@H]3CC(c4cccs4)=NN32)c(OC)c1OC. The maximum atomic E-state index is 6.46. The van der Waals surface area contributed by atoms with Gasteiger partial charge in [0, 0.05) is 17.0 Å². The van der Waals surface area contributed by atoms with Gasteiger partial charge >= 0.3 is 0 Å². The number of rotatable bonds is 5. The Kier molecular flexibility index (Phi) is 5.16. The first-order valence-corrected chi connectivity index (χ1v) is 11.0. The van der Waals surface area contributed by atoms with Crippen LogP contribution in [-0.4, -0.2) is 32.0 Å². The number of methoxy groups -OCH3 is 3. The Labute approximate surface area is 189 Å². The molecule has 2 aliphatic rings. The molecule has 3 heterocycles. The van der Waals surface area contributed by atoms with Crippen molar-refractivity contribution in [1.29, 1.82) is 0 Å². The Morgan fingerprint density at radius 3 is 2.58 bits per heavy atom. The van der Waals surface area contributed by atoms with Gasteiger partial charge in [-0.1, -0.05) is 17.7 Å². The minimum Gasteiger partial charge on any atom is -0.493 e. The van der Waals surface area contributed by atoms with Crippen LogP contribution in [-0.2, 0) is 0 Å². The zero-order valence-corrected chi connectivity index (χ0v) is 18.9. The van der Waals surface area contributed by atoms with Gasteiger partial charge in [0.05, 0.1) is 43.5 Å². The molecular formula is C23H21ClN2O4S. The van der Waals surface area contributed by atoms with E-state index in [2.05, 4.69) is 11.4 Å². The van der Waals surface area contributed by atoms with Crippen molar-refractivity contribution in [2.75, 3.05) is 21.3 Å². The van der Waals surface area contributed by atoms with Crippen LogP contribution in [0.5, 0.6) is 23.0 Å². The molecule has 6 nitrogen and oxygen atoms in total. The first-order chi connectivity index (χ1) is 15.1. The van der Waals surface area contributed by atoms with Crippen molar-refractivity contribution in [1.82, 2.24) is 5.01 Å². The number of hydrogen-bond donors (Lipinski definition) is 0. The molecule has 0 unspecified atom stereocenters. The third-order valence-corrected chi connectivity index (χ3v) is 6.71. The molecule has 0 fully saturated rings. The van der Waals surface area contributed by atoms with Gasteiger partial charge in [-0.2, -0.15) is 5.10 Å². The third-order valence-electron chi connectivity index (χ3n) is 5.56. The summed E-state index contributed by atoms with van der Waals surface area (Å²) in [6.45, 7) is 0. The average Bonchev–Trinajstić information content (AvgIpc) is 3.47. The van der Waals surface area contributed by atoms with Gasteiger partial charge in [-0.3, -0.25) is 0 Å². The van der Waals surface area contributed by atoms with Crippen LogP contribution < -0.4 is 18.9 Å². The lowest BCUT2D eigenvalue weighted by atomic mass is 9.97. The van der Waals surface area contributed by atoms with Crippen molar-refractivity contribution in [3.8, 4) is 23.0 Å². The summed E-state index contributed by atoms with van der Waals surface area (Å²) in [5.74, 6) is 2.45. The van der Waals surface area contributed by atoms with Crippen LogP contribution in [0.3, 0.4) is 0 Å². The second-order valence-electron chi connectivity index (χ2n) is 7.20. The second kappa shape index (κ2) is 7.98. The van der Waals surface area contributed by atoms with Crippen LogP contribution in [0, 0.1) is 0 Å². The zero-order chi connectivity index (χ0) is 21.5. The van der Waals surface area contributed by atoms with E-state index >= 15 is 0 Å². The number of nitrogens with zero attached hydrogens (tertiary/aromatic N) is 2. The van der Waals surface area contributed by atoms with E-state index in [-0.39, 0.29) is 6.04 Å². The molecule has 0 amide bonds. The summed E-state index contributed by atoms with van der Waals surface area (Å²) in [5, 5.41) is 9.71. The van der Waals surface area contributed by atoms with E-state index < -0.39 is 6.23 Å². The Morgan fingerprint density at radius 2 is 1.87 bits per heavy atom. The van der Waals surface area contributed by atoms with Crippen molar-refractivity contribution in [2.45, 2.75) is 18.7 Å². The molecular weight excluding hydrogens is 436 g/mol. The van der Waals surface area contributed by atoms with Gasteiger partial charge in [0.15, 0.2) is 11.5 Å². The smallest absolute Gasteiger partial charge is 0.217 e. The highest BCUT2D eigenvalue weighted by molar-refractivity contribution is 7.12. The van der Waals surface area contributed by atoms with Crippen LogP contribution in [0.15, 0.2) is 52.9 Å². The lowest BCUT2D eigenvalue weighted by molar-refractivity contribution is -0.0205. The van der Waals surface area contributed by atoms with E-state index in [9.17, 15) is 0 Å². The molecule has 2 aliphatic heterocycles. The highest BCUT2D eigenvalue weighted by Crippen LogP contribution is 2.52. The summed E-state index contributed by atoms with van der Waals surface area (Å²) in [4.78, 5) is 1.15. The van der Waals surface area contributed by atoms with Crippen LogP contribution in [0.25, 0.3) is 0 Å². The predicted octanol–water partition coefficient (Wildman–Crippen LogP) is 5.67. The summed E-state index contributed by atoms with van der Waals surface area (Å²) in [6.07, 6.45) is 0.273. The van der Waals surface area contributed by atoms with E-state index in [1.807, 2.05) is 41.4 Å². The van der Waals surface area contributed by atoms with Gasteiger partial charge < -0.3 is 18.9 Å². The first-order valence-electron chi connectivity index (χ1n) is 9.79. The molecule has 0 spiro atoms. The molecule has 160 valence electrons. The van der Waals surface area contributed by atoms with E-state index in [1.54, 1.807) is 32.7 Å². The van der Waals surface area contributed by atoms with Crippen molar-refractivity contribution in [3.05, 3.63) is 68.9 Å². The van der Waals surface area contributed by atoms with Gasteiger partial charge in [-0.15, -0.1) is 11.3 Å². The lowest BCUT2D eigenvalue weighted by Gasteiger charge is -2.38. The number of halogens is 1. The van der Waals surface area contributed by atoms with E-state index in [0.717, 1.165) is 33.9 Å². The normalized spacial score (nSPS) is 19.2. The maximum absolute atomic E-state index is 6.46. The number of thiophene rings is 1. The number of hydrazone groups is 1. The quantitative estimate of drug-likeness (QED) is 0.495. The summed E-state index contributed by atoms with van der Waals surface area (Å²) in [5.41, 5.74) is 2.86. The highest BCUT2D eigenvalue weighted by Gasteiger charge is 2.43. The Bertz CT molecular complexity index is 1150. The molecule has 0 saturated carbocycles. The van der Waals surface area contributed by atoms with Gasteiger partial charge in [-0.05, 0) is 41.8 Å². The maximum Gasteiger partial charge on any atom is 0.217 e. The molecule has 2 atom stereocenters. The Hall–Kier alpha value is -2.90. The summed E-state index contributed by atoms with van der Waals surface area (Å²) >= 11 is 8.00. The fraction of sp³-hybridized carbons (Fsp3) is 0.261. The second-order valence-corrected chi connectivity index (χ2v) is 8.58. The van der Waals surface area contributed by atoms with Gasteiger partial charge in [-0.25, -0.2) is 5.01 Å². The fourth-order valence-corrected chi connectivity index (χ4v) is 5.08. The molecule has 8 heteroatoms. The number of ether oxygens (including phenoxy) is 4. The Morgan fingerprint density at radius 1 is 1.03 bits per heavy atom. The first kappa shape index (κ1) is 20.0. The molecule has 0 aliphatic carbocycles. The third kappa shape index (κ3) is 3.28. The number of hydrogen-bond acceptors (Lipinski definition) is 7. The minimum atomic E-state index is -0.495. The highest BCUT2D eigenvalue weighted by atomic mass is 35.5. The van der Waals surface area contributed by atoms with E-state index in [0.29, 0.717) is 22.3 Å². The van der Waals surface area contributed by atoms with Gasteiger partial charge in [0.25, 0.3) is 0 Å². The van der Waals surface area contributed by atoms with Crippen molar-refractivity contribution in [2.24, 2.45) is 5.10 Å². The molecule has 5 rings (SSSR count). The van der Waals surface area contributed by atoms with Crippen LogP contribution in [0.1, 0.15) is 34.7 Å². The minimum absolute atomic E-state index is 0.00218. The summed E-state index contributed by atoms with van der Waals surface area (Å²) in [6, 6.07) is 13.6. The number of benzene rings is 2. The molecule has 3 aromatic rings.